The number of aromatic nitrogens is 4. The summed E-state index contributed by atoms with van der Waals surface area (Å²) >= 11 is 3.43. The van der Waals surface area contributed by atoms with Gasteiger partial charge in [-0.1, -0.05) is 0 Å². The molecular formula is C14H20BrN5O. The van der Waals surface area contributed by atoms with Crippen molar-refractivity contribution in [2.75, 3.05) is 6.54 Å². The van der Waals surface area contributed by atoms with Crippen LogP contribution in [-0.4, -0.2) is 32.0 Å². The molecule has 2 heterocycles. The lowest BCUT2D eigenvalue weighted by molar-refractivity contribution is -0.121. The highest BCUT2D eigenvalue weighted by Crippen LogP contribution is 2.13. The van der Waals surface area contributed by atoms with Crippen LogP contribution in [0, 0.1) is 13.8 Å². The second-order valence-corrected chi connectivity index (χ2v) is 5.83. The molecule has 0 fully saturated rings. The lowest BCUT2D eigenvalue weighted by Crippen LogP contribution is -2.26. The molecule has 21 heavy (non-hydrogen) atoms. The van der Waals surface area contributed by atoms with E-state index in [9.17, 15) is 4.79 Å². The van der Waals surface area contributed by atoms with E-state index in [0.717, 1.165) is 28.8 Å². The Morgan fingerprint density at radius 1 is 1.38 bits per heavy atom. The van der Waals surface area contributed by atoms with Gasteiger partial charge in [-0.2, -0.15) is 10.2 Å². The molecule has 0 saturated carbocycles. The van der Waals surface area contributed by atoms with Crippen LogP contribution in [0.25, 0.3) is 0 Å². The summed E-state index contributed by atoms with van der Waals surface area (Å²) in [6.45, 7) is 6.02. The Morgan fingerprint density at radius 2 is 2.19 bits per heavy atom. The van der Waals surface area contributed by atoms with Crippen molar-refractivity contribution in [1.29, 1.82) is 0 Å². The summed E-state index contributed by atoms with van der Waals surface area (Å²) in [6, 6.07) is 1.93. The predicted octanol–water partition coefficient (Wildman–Crippen LogP) is 2.06. The Morgan fingerprint density at radius 3 is 2.81 bits per heavy atom. The number of hydrogen-bond acceptors (Lipinski definition) is 3. The van der Waals surface area contributed by atoms with Gasteiger partial charge in [0.1, 0.15) is 0 Å². The van der Waals surface area contributed by atoms with Gasteiger partial charge in [-0.15, -0.1) is 0 Å². The van der Waals surface area contributed by atoms with E-state index in [4.69, 9.17) is 0 Å². The number of carbonyl (C=O) groups is 1. The standard InChI is InChI=1S/C14H20BrN5O/c1-11-4-7-17-20(11)9-5-14(21)16-6-3-8-19-10-13(15)12(2)18-19/h4,7,10H,3,5-6,8-9H2,1-2H3,(H,16,21). The lowest BCUT2D eigenvalue weighted by atomic mass is 10.3. The third-order valence-corrected chi connectivity index (χ3v) is 4.03. The van der Waals surface area contributed by atoms with Crippen molar-refractivity contribution < 1.29 is 4.79 Å². The summed E-state index contributed by atoms with van der Waals surface area (Å²) in [7, 11) is 0. The number of hydrogen-bond donors (Lipinski definition) is 1. The normalized spacial score (nSPS) is 10.8. The fourth-order valence-electron chi connectivity index (χ4n) is 2.01. The zero-order valence-electron chi connectivity index (χ0n) is 12.3. The van der Waals surface area contributed by atoms with Crippen LogP contribution in [0.15, 0.2) is 22.9 Å². The fourth-order valence-corrected chi connectivity index (χ4v) is 2.32. The zero-order chi connectivity index (χ0) is 15.2. The zero-order valence-corrected chi connectivity index (χ0v) is 13.9. The van der Waals surface area contributed by atoms with E-state index in [0.29, 0.717) is 19.5 Å². The van der Waals surface area contributed by atoms with E-state index in [2.05, 4.69) is 31.4 Å². The van der Waals surface area contributed by atoms with Crippen molar-refractivity contribution >= 4 is 21.8 Å². The van der Waals surface area contributed by atoms with Crippen LogP contribution in [0.2, 0.25) is 0 Å². The third kappa shape index (κ3) is 4.70. The number of amides is 1. The van der Waals surface area contributed by atoms with Crippen LogP contribution in [0.5, 0.6) is 0 Å². The van der Waals surface area contributed by atoms with Crippen LogP contribution in [0.3, 0.4) is 0 Å². The molecule has 7 heteroatoms. The predicted molar refractivity (Wildman–Crippen MR) is 83.9 cm³/mol. The van der Waals surface area contributed by atoms with Gasteiger partial charge in [0.2, 0.25) is 5.91 Å². The molecule has 0 bridgehead atoms. The van der Waals surface area contributed by atoms with Gasteiger partial charge in [0, 0.05) is 44.1 Å². The second kappa shape index (κ2) is 7.40. The van der Waals surface area contributed by atoms with Gasteiger partial charge in [-0.05, 0) is 42.3 Å². The van der Waals surface area contributed by atoms with Crippen molar-refractivity contribution in [3.8, 4) is 0 Å². The Kier molecular flexibility index (Phi) is 5.55. The highest BCUT2D eigenvalue weighted by atomic mass is 79.9. The molecule has 0 aromatic carbocycles. The minimum absolute atomic E-state index is 0.0581. The Bertz CT molecular complexity index is 585. The van der Waals surface area contributed by atoms with Crippen LogP contribution in [0.1, 0.15) is 24.2 Å². The second-order valence-electron chi connectivity index (χ2n) is 4.97. The van der Waals surface area contributed by atoms with E-state index in [1.54, 1.807) is 6.20 Å². The quantitative estimate of drug-likeness (QED) is 0.774. The van der Waals surface area contributed by atoms with Crippen molar-refractivity contribution in [1.82, 2.24) is 24.9 Å². The summed E-state index contributed by atoms with van der Waals surface area (Å²) in [5.74, 6) is 0.0581. The molecular weight excluding hydrogens is 334 g/mol. The Labute approximate surface area is 132 Å². The minimum Gasteiger partial charge on any atom is -0.356 e. The summed E-state index contributed by atoms with van der Waals surface area (Å²) in [5, 5.41) is 11.4. The molecule has 0 aliphatic heterocycles. The molecule has 2 rings (SSSR count). The average Bonchev–Trinajstić information content (AvgIpc) is 2.99. The Hall–Kier alpha value is -1.63. The number of halogens is 1. The van der Waals surface area contributed by atoms with E-state index in [1.165, 1.54) is 0 Å². The third-order valence-electron chi connectivity index (χ3n) is 3.25. The molecule has 0 aliphatic rings. The number of carbonyl (C=O) groups excluding carboxylic acids is 1. The smallest absolute Gasteiger partial charge is 0.221 e. The molecule has 0 radical (unpaired) electrons. The van der Waals surface area contributed by atoms with Crippen molar-refractivity contribution in [2.24, 2.45) is 0 Å². The van der Waals surface area contributed by atoms with Crippen LogP contribution >= 0.6 is 15.9 Å². The van der Waals surface area contributed by atoms with E-state index in [-0.39, 0.29) is 5.91 Å². The highest BCUT2D eigenvalue weighted by molar-refractivity contribution is 9.10. The van der Waals surface area contributed by atoms with Crippen LogP contribution in [-0.2, 0) is 17.9 Å². The first-order valence-electron chi connectivity index (χ1n) is 7.01. The number of nitrogens with zero attached hydrogens (tertiary/aromatic N) is 4. The van der Waals surface area contributed by atoms with Gasteiger partial charge in [-0.3, -0.25) is 14.2 Å². The molecule has 2 aromatic rings. The first-order valence-corrected chi connectivity index (χ1v) is 7.80. The molecule has 114 valence electrons. The van der Waals surface area contributed by atoms with Crippen LogP contribution < -0.4 is 5.32 Å². The molecule has 0 atom stereocenters. The van der Waals surface area contributed by atoms with Crippen LogP contribution in [0.4, 0.5) is 0 Å². The van der Waals surface area contributed by atoms with Crippen molar-refractivity contribution in [3.63, 3.8) is 0 Å². The topological polar surface area (TPSA) is 64.7 Å². The maximum atomic E-state index is 11.7. The summed E-state index contributed by atoms with van der Waals surface area (Å²) < 4.78 is 4.74. The molecule has 1 N–H and O–H groups in total. The first kappa shape index (κ1) is 15.8. The molecule has 1 amide bonds. The number of rotatable bonds is 7. The Balaban J connectivity index is 1.62. The molecule has 0 aliphatic carbocycles. The van der Waals surface area contributed by atoms with Gasteiger partial charge >= 0.3 is 0 Å². The maximum absolute atomic E-state index is 11.7. The SMILES string of the molecule is Cc1nn(CCCNC(=O)CCn2nccc2C)cc1Br. The van der Waals surface area contributed by atoms with Crippen molar-refractivity contribution in [2.45, 2.75) is 39.8 Å². The first-order chi connectivity index (χ1) is 10.1. The fraction of sp³-hybridized carbons (Fsp3) is 0.500. The van der Waals surface area contributed by atoms with E-state index < -0.39 is 0 Å². The molecule has 2 aromatic heterocycles. The lowest BCUT2D eigenvalue weighted by Gasteiger charge is -2.06. The monoisotopic (exact) mass is 353 g/mol. The molecule has 6 nitrogen and oxygen atoms in total. The number of nitrogens with one attached hydrogen (secondary N) is 1. The number of aryl methyl sites for hydroxylation is 4. The summed E-state index contributed by atoms with van der Waals surface area (Å²) in [5.41, 5.74) is 2.05. The van der Waals surface area contributed by atoms with E-state index >= 15 is 0 Å². The summed E-state index contributed by atoms with van der Waals surface area (Å²) in [6.07, 6.45) is 5.02. The highest BCUT2D eigenvalue weighted by Gasteiger charge is 2.04. The van der Waals surface area contributed by atoms with Gasteiger partial charge in [0.15, 0.2) is 0 Å². The van der Waals surface area contributed by atoms with E-state index in [1.807, 2.05) is 35.5 Å². The maximum Gasteiger partial charge on any atom is 0.221 e. The summed E-state index contributed by atoms with van der Waals surface area (Å²) in [4.78, 5) is 11.7. The van der Waals surface area contributed by atoms with Crippen molar-refractivity contribution in [3.05, 3.63) is 34.3 Å². The van der Waals surface area contributed by atoms with Gasteiger partial charge in [0.25, 0.3) is 0 Å². The van der Waals surface area contributed by atoms with Gasteiger partial charge in [-0.25, -0.2) is 0 Å². The van der Waals surface area contributed by atoms with Gasteiger partial charge < -0.3 is 5.32 Å². The van der Waals surface area contributed by atoms with Gasteiger partial charge in [0.05, 0.1) is 10.2 Å². The largest absolute Gasteiger partial charge is 0.356 e. The minimum atomic E-state index is 0.0581. The molecule has 0 spiro atoms. The molecule has 0 saturated heterocycles. The average molecular weight is 354 g/mol. The molecule has 0 unspecified atom stereocenters.